The van der Waals surface area contributed by atoms with E-state index in [9.17, 15) is 0 Å². The van der Waals surface area contributed by atoms with Crippen LogP contribution >= 0.6 is 11.8 Å². The van der Waals surface area contributed by atoms with Crippen molar-refractivity contribution in [1.82, 2.24) is 15.0 Å². The van der Waals surface area contributed by atoms with Gasteiger partial charge < -0.3 is 5.73 Å². The van der Waals surface area contributed by atoms with Gasteiger partial charge in [0.25, 0.3) is 0 Å². The lowest BCUT2D eigenvalue weighted by Crippen LogP contribution is -2.21. The van der Waals surface area contributed by atoms with E-state index < -0.39 is 0 Å². The molecule has 0 aromatic carbocycles. The van der Waals surface area contributed by atoms with E-state index in [0.29, 0.717) is 0 Å². The van der Waals surface area contributed by atoms with E-state index in [1.165, 1.54) is 11.8 Å². The normalized spacial score (nSPS) is 12.4. The third kappa shape index (κ3) is 4.01. The maximum atomic E-state index is 6.02. The first kappa shape index (κ1) is 14.0. The van der Waals surface area contributed by atoms with E-state index in [1.54, 1.807) is 12.4 Å². The Hall–Kier alpha value is -1.46. The third-order valence-corrected chi connectivity index (χ3v) is 3.76. The molecule has 4 nitrogen and oxygen atoms in total. The third-order valence-electron chi connectivity index (χ3n) is 2.82. The Morgan fingerprint density at radius 2 is 2.11 bits per heavy atom. The van der Waals surface area contributed by atoms with Gasteiger partial charge in [-0.05, 0) is 49.2 Å². The lowest BCUT2D eigenvalue weighted by atomic mass is 10.1. The monoisotopic (exact) mass is 274 g/mol. The quantitative estimate of drug-likeness (QED) is 0.849. The van der Waals surface area contributed by atoms with Crippen molar-refractivity contribution in [2.24, 2.45) is 5.73 Å². The molecule has 19 heavy (non-hydrogen) atoms. The SMILES string of the molecule is CCC(N)Cc1cccnc1Sc1nccc(C)n1. The fourth-order valence-corrected chi connectivity index (χ4v) is 2.53. The molecule has 2 aromatic heterocycles. The summed E-state index contributed by atoms with van der Waals surface area (Å²) in [7, 11) is 0. The molecule has 0 bridgehead atoms. The van der Waals surface area contributed by atoms with Crippen LogP contribution in [0.3, 0.4) is 0 Å². The fourth-order valence-electron chi connectivity index (χ4n) is 1.66. The molecule has 2 heterocycles. The molecule has 0 aliphatic rings. The zero-order valence-electron chi connectivity index (χ0n) is 11.2. The van der Waals surface area contributed by atoms with Crippen LogP contribution in [0.25, 0.3) is 0 Å². The van der Waals surface area contributed by atoms with Crippen molar-refractivity contribution in [1.29, 1.82) is 0 Å². The summed E-state index contributed by atoms with van der Waals surface area (Å²) in [6.07, 6.45) is 5.35. The van der Waals surface area contributed by atoms with Gasteiger partial charge in [0.2, 0.25) is 0 Å². The summed E-state index contributed by atoms with van der Waals surface area (Å²) >= 11 is 1.49. The Labute approximate surface area is 117 Å². The Morgan fingerprint density at radius 1 is 1.26 bits per heavy atom. The molecule has 0 amide bonds. The molecule has 1 atom stereocenters. The van der Waals surface area contributed by atoms with Crippen LogP contribution in [0.5, 0.6) is 0 Å². The molecular weight excluding hydrogens is 256 g/mol. The van der Waals surface area contributed by atoms with E-state index in [2.05, 4.69) is 27.9 Å². The number of nitrogens with zero attached hydrogens (tertiary/aromatic N) is 3. The smallest absolute Gasteiger partial charge is 0.194 e. The summed E-state index contributed by atoms with van der Waals surface area (Å²) in [6.45, 7) is 4.05. The molecule has 0 radical (unpaired) electrons. The number of pyridine rings is 1. The molecule has 0 saturated heterocycles. The summed E-state index contributed by atoms with van der Waals surface area (Å²) in [5, 5.41) is 1.67. The molecule has 0 saturated carbocycles. The predicted octanol–water partition coefficient (Wildman–Crippen LogP) is 2.61. The van der Waals surface area contributed by atoms with Crippen molar-refractivity contribution in [3.05, 3.63) is 41.9 Å². The van der Waals surface area contributed by atoms with Crippen LogP contribution in [0.1, 0.15) is 24.6 Å². The van der Waals surface area contributed by atoms with Crippen molar-refractivity contribution < 1.29 is 0 Å². The Kier molecular flexibility index (Phi) is 4.87. The van der Waals surface area contributed by atoms with Crippen LogP contribution in [0, 0.1) is 6.92 Å². The first-order chi connectivity index (χ1) is 9.19. The van der Waals surface area contributed by atoms with Crippen LogP contribution in [0.15, 0.2) is 40.8 Å². The lowest BCUT2D eigenvalue weighted by molar-refractivity contribution is 0.637. The first-order valence-electron chi connectivity index (χ1n) is 6.36. The molecule has 1 unspecified atom stereocenters. The van der Waals surface area contributed by atoms with Gasteiger partial charge in [0.15, 0.2) is 5.16 Å². The largest absolute Gasteiger partial charge is 0.327 e. The number of rotatable bonds is 5. The van der Waals surface area contributed by atoms with Gasteiger partial charge in [-0.25, -0.2) is 15.0 Å². The van der Waals surface area contributed by atoms with Gasteiger partial charge in [0.05, 0.1) is 0 Å². The molecule has 0 spiro atoms. The highest BCUT2D eigenvalue weighted by Gasteiger charge is 2.10. The average Bonchev–Trinajstić information content (AvgIpc) is 2.41. The van der Waals surface area contributed by atoms with Crippen LogP contribution in [0.2, 0.25) is 0 Å². The lowest BCUT2D eigenvalue weighted by Gasteiger charge is -2.11. The van der Waals surface area contributed by atoms with Gasteiger partial charge in [-0.3, -0.25) is 0 Å². The minimum atomic E-state index is 0.168. The van der Waals surface area contributed by atoms with E-state index in [-0.39, 0.29) is 6.04 Å². The minimum absolute atomic E-state index is 0.168. The zero-order chi connectivity index (χ0) is 13.7. The molecule has 100 valence electrons. The standard InChI is InChI=1S/C14H18N4S/c1-3-12(15)9-11-5-4-7-16-13(11)19-14-17-8-6-10(2)18-14/h4-8,12H,3,9,15H2,1-2H3. The highest BCUT2D eigenvalue weighted by Crippen LogP contribution is 2.26. The van der Waals surface area contributed by atoms with Crippen molar-refractivity contribution >= 4 is 11.8 Å². The van der Waals surface area contributed by atoms with Crippen LogP contribution < -0.4 is 5.73 Å². The molecular formula is C14H18N4S. The van der Waals surface area contributed by atoms with Crippen LogP contribution in [0.4, 0.5) is 0 Å². The van der Waals surface area contributed by atoms with E-state index in [1.807, 2.05) is 19.1 Å². The number of hydrogen-bond donors (Lipinski definition) is 1. The highest BCUT2D eigenvalue weighted by molar-refractivity contribution is 7.99. The van der Waals surface area contributed by atoms with Gasteiger partial charge in [-0.15, -0.1) is 0 Å². The van der Waals surface area contributed by atoms with Crippen molar-refractivity contribution in [2.75, 3.05) is 0 Å². The summed E-state index contributed by atoms with van der Waals surface area (Å²) < 4.78 is 0. The number of aromatic nitrogens is 3. The maximum absolute atomic E-state index is 6.02. The molecule has 0 aliphatic heterocycles. The maximum Gasteiger partial charge on any atom is 0.194 e. The highest BCUT2D eigenvalue weighted by atomic mass is 32.2. The Bertz CT molecular complexity index is 544. The second kappa shape index (κ2) is 6.63. The van der Waals surface area contributed by atoms with E-state index >= 15 is 0 Å². The van der Waals surface area contributed by atoms with Crippen LogP contribution in [-0.4, -0.2) is 21.0 Å². The van der Waals surface area contributed by atoms with Crippen LogP contribution in [-0.2, 0) is 6.42 Å². The van der Waals surface area contributed by atoms with Gasteiger partial charge >= 0.3 is 0 Å². The second-order valence-electron chi connectivity index (χ2n) is 4.42. The van der Waals surface area contributed by atoms with Gasteiger partial charge in [-0.2, -0.15) is 0 Å². The van der Waals surface area contributed by atoms with E-state index in [0.717, 1.165) is 34.3 Å². The van der Waals surface area contributed by atoms with E-state index in [4.69, 9.17) is 5.73 Å². The summed E-state index contributed by atoms with van der Waals surface area (Å²) in [5.74, 6) is 0. The van der Waals surface area contributed by atoms with Gasteiger partial charge in [-0.1, -0.05) is 13.0 Å². The summed E-state index contributed by atoms with van der Waals surface area (Å²) in [5.41, 5.74) is 8.14. The zero-order valence-corrected chi connectivity index (χ0v) is 12.0. The van der Waals surface area contributed by atoms with Gasteiger partial charge in [0.1, 0.15) is 5.03 Å². The molecule has 2 rings (SSSR count). The summed E-state index contributed by atoms with van der Waals surface area (Å²) in [6, 6.07) is 6.07. The molecule has 0 fully saturated rings. The molecule has 2 aromatic rings. The Balaban J connectivity index is 2.20. The summed E-state index contributed by atoms with van der Waals surface area (Å²) in [4.78, 5) is 13.1. The minimum Gasteiger partial charge on any atom is -0.327 e. The molecule has 2 N–H and O–H groups in total. The van der Waals surface area contributed by atoms with Crippen molar-refractivity contribution in [2.45, 2.75) is 42.9 Å². The molecule has 5 heteroatoms. The number of nitrogens with two attached hydrogens (primary N) is 1. The first-order valence-corrected chi connectivity index (χ1v) is 7.17. The Morgan fingerprint density at radius 3 is 2.84 bits per heavy atom. The molecule has 0 aliphatic carbocycles. The number of aryl methyl sites for hydroxylation is 1. The fraction of sp³-hybridized carbons (Fsp3) is 0.357. The number of hydrogen-bond acceptors (Lipinski definition) is 5. The van der Waals surface area contributed by atoms with Gasteiger partial charge in [0, 0.05) is 24.1 Å². The predicted molar refractivity (Wildman–Crippen MR) is 77.1 cm³/mol. The topological polar surface area (TPSA) is 64.7 Å². The second-order valence-corrected chi connectivity index (χ2v) is 5.38. The average molecular weight is 274 g/mol. The van der Waals surface area contributed by atoms with Crippen molar-refractivity contribution in [3.63, 3.8) is 0 Å². The van der Waals surface area contributed by atoms with Crippen molar-refractivity contribution in [3.8, 4) is 0 Å².